The van der Waals surface area contributed by atoms with E-state index in [0.29, 0.717) is 5.76 Å². The van der Waals surface area contributed by atoms with Crippen molar-refractivity contribution in [3.63, 3.8) is 0 Å². The lowest BCUT2D eigenvalue weighted by atomic mass is 9.84. The fourth-order valence-corrected chi connectivity index (χ4v) is 3.32. The normalized spacial score (nSPS) is 18.4. The average Bonchev–Trinajstić information content (AvgIpc) is 2.79. The maximum atomic E-state index is 5.95. The zero-order valence-electron chi connectivity index (χ0n) is 10.8. The molecule has 0 radical (unpaired) electrons. The molecule has 0 spiro atoms. The molecule has 0 amide bonds. The summed E-state index contributed by atoms with van der Waals surface area (Å²) in [6.07, 6.45) is 0. The second-order valence-electron chi connectivity index (χ2n) is 5.09. The lowest BCUT2D eigenvalue weighted by Gasteiger charge is -2.15. The molecule has 0 N–H and O–H groups in total. The maximum Gasteiger partial charge on any atom is 0.574 e. The van der Waals surface area contributed by atoms with Crippen molar-refractivity contribution < 1.29 is 9.31 Å². The lowest BCUT2D eigenvalue weighted by molar-refractivity contribution is 0.173. The van der Waals surface area contributed by atoms with Crippen molar-refractivity contribution >= 4 is 33.3 Å². The van der Waals surface area contributed by atoms with Gasteiger partial charge in [-0.15, -0.1) is 11.3 Å². The van der Waals surface area contributed by atoms with Gasteiger partial charge in [0.2, 0.25) is 0 Å². The molecule has 0 unspecified atom stereocenters. The van der Waals surface area contributed by atoms with Crippen LogP contribution in [0.4, 0.5) is 0 Å². The van der Waals surface area contributed by atoms with Gasteiger partial charge in [0.1, 0.15) is 5.60 Å². The third-order valence-electron chi connectivity index (χ3n) is 3.42. The molecule has 0 saturated carbocycles. The molecule has 18 heavy (non-hydrogen) atoms. The molecule has 1 saturated heterocycles. The summed E-state index contributed by atoms with van der Waals surface area (Å²) < 4.78 is 14.1. The Morgan fingerprint density at radius 3 is 2.61 bits per heavy atom. The van der Waals surface area contributed by atoms with E-state index in [4.69, 9.17) is 9.31 Å². The number of hydrogen-bond acceptors (Lipinski definition) is 3. The van der Waals surface area contributed by atoms with Crippen molar-refractivity contribution in [3.8, 4) is 0 Å². The van der Waals surface area contributed by atoms with Gasteiger partial charge < -0.3 is 9.31 Å². The molecule has 0 atom stereocenters. The van der Waals surface area contributed by atoms with Crippen LogP contribution >= 0.6 is 11.3 Å². The number of aryl methyl sites for hydroxylation is 1. The highest BCUT2D eigenvalue weighted by molar-refractivity contribution is 7.28. The molecular weight excluding hydrogens is 243 g/mol. The van der Waals surface area contributed by atoms with Crippen LogP contribution in [0.15, 0.2) is 36.6 Å². The summed E-state index contributed by atoms with van der Waals surface area (Å²) in [5.74, 6) is 0.698. The van der Waals surface area contributed by atoms with Crippen LogP contribution in [0.3, 0.4) is 0 Å². The maximum absolute atomic E-state index is 5.95. The molecular formula is C14H15BO2S. The molecule has 1 aromatic heterocycles. The van der Waals surface area contributed by atoms with E-state index in [0.717, 1.165) is 4.78 Å². The largest absolute Gasteiger partial charge is 0.574 e. The van der Waals surface area contributed by atoms with Crippen molar-refractivity contribution in [1.29, 1.82) is 0 Å². The third kappa shape index (κ3) is 1.68. The van der Waals surface area contributed by atoms with Crippen molar-refractivity contribution in [2.24, 2.45) is 0 Å². The van der Waals surface area contributed by atoms with E-state index in [2.05, 4.69) is 37.8 Å². The SMILES string of the molecule is C=C1OB(c2sc3ccccc3c2C)OC1(C)C. The van der Waals surface area contributed by atoms with E-state index < -0.39 is 5.60 Å². The Balaban J connectivity index is 2.06. The minimum atomic E-state index is -0.409. The fourth-order valence-electron chi connectivity index (χ4n) is 2.15. The molecule has 2 aromatic rings. The number of thiophene rings is 1. The monoisotopic (exact) mass is 258 g/mol. The van der Waals surface area contributed by atoms with Crippen LogP contribution in [0.5, 0.6) is 0 Å². The average molecular weight is 258 g/mol. The van der Waals surface area contributed by atoms with E-state index in [-0.39, 0.29) is 7.12 Å². The zero-order valence-corrected chi connectivity index (χ0v) is 11.6. The Kier molecular flexibility index (Phi) is 2.54. The van der Waals surface area contributed by atoms with Crippen LogP contribution in [0.1, 0.15) is 19.4 Å². The van der Waals surface area contributed by atoms with Gasteiger partial charge in [0.25, 0.3) is 0 Å². The number of benzene rings is 1. The second-order valence-corrected chi connectivity index (χ2v) is 6.17. The fraction of sp³-hybridized carbons (Fsp3) is 0.286. The van der Waals surface area contributed by atoms with Crippen molar-refractivity contribution in [2.45, 2.75) is 26.4 Å². The summed E-state index contributed by atoms with van der Waals surface area (Å²) in [5.41, 5.74) is 0.832. The molecule has 1 aromatic carbocycles. The van der Waals surface area contributed by atoms with E-state index >= 15 is 0 Å². The van der Waals surface area contributed by atoms with Gasteiger partial charge in [0.15, 0.2) is 0 Å². The second kappa shape index (κ2) is 3.87. The smallest absolute Gasteiger partial charge is 0.533 e. The summed E-state index contributed by atoms with van der Waals surface area (Å²) in [4.78, 5) is 0. The third-order valence-corrected chi connectivity index (χ3v) is 4.71. The summed E-state index contributed by atoms with van der Waals surface area (Å²) in [7, 11) is -0.315. The first kappa shape index (κ1) is 11.8. The topological polar surface area (TPSA) is 18.5 Å². The molecule has 0 bridgehead atoms. The number of rotatable bonds is 1. The Morgan fingerprint density at radius 2 is 2.00 bits per heavy atom. The van der Waals surface area contributed by atoms with Crippen LogP contribution in [0.2, 0.25) is 0 Å². The molecule has 0 aliphatic carbocycles. The van der Waals surface area contributed by atoms with Gasteiger partial charge in [-0.1, -0.05) is 24.8 Å². The van der Waals surface area contributed by atoms with E-state index in [1.54, 1.807) is 11.3 Å². The Bertz CT molecular complexity index is 630. The van der Waals surface area contributed by atoms with Gasteiger partial charge in [-0.3, -0.25) is 0 Å². The van der Waals surface area contributed by atoms with Crippen LogP contribution < -0.4 is 4.78 Å². The quantitative estimate of drug-likeness (QED) is 0.731. The highest BCUT2D eigenvalue weighted by atomic mass is 32.1. The minimum Gasteiger partial charge on any atom is -0.533 e. The van der Waals surface area contributed by atoms with E-state index in [9.17, 15) is 0 Å². The first-order chi connectivity index (χ1) is 8.49. The molecule has 92 valence electrons. The standard InChI is InChI=1S/C14H15BO2S/c1-9-11-7-5-6-8-12(11)18-13(9)15-16-10(2)14(3,4)17-15/h5-8H,2H2,1,3-4H3. The summed E-state index contributed by atoms with van der Waals surface area (Å²) in [6, 6.07) is 8.39. The van der Waals surface area contributed by atoms with Crippen LogP contribution in [0, 0.1) is 6.92 Å². The summed E-state index contributed by atoms with van der Waals surface area (Å²) >= 11 is 1.73. The van der Waals surface area contributed by atoms with Crippen LogP contribution in [-0.4, -0.2) is 12.7 Å². The summed E-state index contributed by atoms with van der Waals surface area (Å²) in [6.45, 7) is 10.0. The molecule has 2 nitrogen and oxygen atoms in total. The Morgan fingerprint density at radius 1 is 1.28 bits per heavy atom. The number of fused-ring (bicyclic) bond motifs is 1. The van der Waals surface area contributed by atoms with E-state index in [1.165, 1.54) is 15.6 Å². The highest BCUT2D eigenvalue weighted by Crippen LogP contribution is 2.32. The van der Waals surface area contributed by atoms with Crippen molar-refractivity contribution in [3.05, 3.63) is 42.2 Å². The van der Waals surface area contributed by atoms with Gasteiger partial charge in [-0.25, -0.2) is 0 Å². The predicted molar refractivity (Wildman–Crippen MR) is 77.3 cm³/mol. The zero-order chi connectivity index (χ0) is 12.9. The van der Waals surface area contributed by atoms with Gasteiger partial charge in [0.05, 0.1) is 10.5 Å². The van der Waals surface area contributed by atoms with Crippen molar-refractivity contribution in [1.82, 2.24) is 0 Å². The molecule has 3 rings (SSSR count). The van der Waals surface area contributed by atoms with Gasteiger partial charge in [-0.2, -0.15) is 0 Å². The Labute approximate surface area is 111 Å². The van der Waals surface area contributed by atoms with Crippen LogP contribution in [0.25, 0.3) is 10.1 Å². The van der Waals surface area contributed by atoms with Gasteiger partial charge in [-0.05, 0) is 37.8 Å². The first-order valence-corrected chi connectivity index (χ1v) is 6.82. The lowest BCUT2D eigenvalue weighted by Crippen LogP contribution is -2.33. The number of hydrogen-bond donors (Lipinski definition) is 0. The molecule has 4 heteroatoms. The highest BCUT2D eigenvalue weighted by Gasteiger charge is 2.44. The molecule has 2 heterocycles. The summed E-state index contributed by atoms with van der Waals surface area (Å²) in [5, 5.41) is 1.28. The van der Waals surface area contributed by atoms with Gasteiger partial charge in [0, 0.05) is 4.70 Å². The Hall–Kier alpha value is -1.26. The minimum absolute atomic E-state index is 0.315. The molecule has 1 fully saturated rings. The van der Waals surface area contributed by atoms with E-state index in [1.807, 2.05) is 13.8 Å². The van der Waals surface area contributed by atoms with Crippen LogP contribution in [-0.2, 0) is 9.31 Å². The molecule has 1 aliphatic rings. The predicted octanol–water partition coefficient (Wildman–Crippen LogP) is 3.24. The molecule has 1 aliphatic heterocycles. The van der Waals surface area contributed by atoms with Crippen molar-refractivity contribution in [2.75, 3.05) is 0 Å². The van der Waals surface area contributed by atoms with Gasteiger partial charge >= 0.3 is 7.12 Å². The first-order valence-electron chi connectivity index (χ1n) is 6.01.